The lowest BCUT2D eigenvalue weighted by Gasteiger charge is -2.34. The Morgan fingerprint density at radius 1 is 1.65 bits per heavy atom. The van der Waals surface area contributed by atoms with Gasteiger partial charge in [0.25, 0.3) is 5.91 Å². The van der Waals surface area contributed by atoms with E-state index in [4.69, 9.17) is 10.5 Å². The van der Waals surface area contributed by atoms with E-state index in [0.29, 0.717) is 30.3 Å². The number of nitrogen functional groups attached to an aromatic ring is 1. The molecule has 2 N–H and O–H groups in total. The molecule has 3 heterocycles. The normalized spacial score (nSPS) is 19.4. The first-order valence-corrected chi connectivity index (χ1v) is 7.55. The Morgan fingerprint density at radius 2 is 2.50 bits per heavy atom. The number of carbonyl (C=O) groups is 1. The van der Waals surface area contributed by atoms with E-state index in [1.54, 1.807) is 6.20 Å². The van der Waals surface area contributed by atoms with Gasteiger partial charge in [-0.25, -0.2) is 0 Å². The molecule has 1 unspecified atom stereocenters. The average molecular weight is 291 g/mol. The van der Waals surface area contributed by atoms with Crippen LogP contribution in [0.15, 0.2) is 18.3 Å². The second kappa shape index (κ2) is 5.38. The van der Waals surface area contributed by atoms with Gasteiger partial charge < -0.3 is 15.4 Å². The number of pyridine rings is 1. The molecule has 6 heteroatoms. The maximum atomic E-state index is 12.7. The van der Waals surface area contributed by atoms with Crippen molar-refractivity contribution in [3.8, 4) is 0 Å². The lowest BCUT2D eigenvalue weighted by molar-refractivity contribution is -0.00248. The Labute approximate surface area is 121 Å². The summed E-state index contributed by atoms with van der Waals surface area (Å²) in [5, 5.41) is 0. The van der Waals surface area contributed by atoms with Crippen molar-refractivity contribution < 1.29 is 9.53 Å². The van der Waals surface area contributed by atoms with Crippen LogP contribution in [0.4, 0.5) is 5.69 Å². The number of nitrogens with zero attached hydrogens (tertiary/aromatic N) is 2. The molecule has 1 atom stereocenters. The molecule has 0 spiro atoms. The van der Waals surface area contributed by atoms with Crippen molar-refractivity contribution in [3.63, 3.8) is 0 Å². The molecule has 0 bridgehead atoms. The highest BCUT2D eigenvalue weighted by Gasteiger charge is 2.29. The molecule has 1 aliphatic rings. The molecule has 0 saturated carbocycles. The predicted molar refractivity (Wildman–Crippen MR) is 80.0 cm³/mol. The summed E-state index contributed by atoms with van der Waals surface area (Å²) in [6.07, 6.45) is 2.58. The van der Waals surface area contributed by atoms with E-state index >= 15 is 0 Å². The number of anilines is 1. The van der Waals surface area contributed by atoms with Gasteiger partial charge in [-0.3, -0.25) is 9.78 Å². The summed E-state index contributed by atoms with van der Waals surface area (Å²) < 4.78 is 6.40. The number of nitrogens with two attached hydrogens (primary N) is 1. The zero-order valence-electron chi connectivity index (χ0n) is 11.3. The zero-order valence-corrected chi connectivity index (χ0v) is 12.2. The Morgan fingerprint density at radius 3 is 3.25 bits per heavy atom. The molecule has 1 fully saturated rings. The van der Waals surface area contributed by atoms with Crippen LogP contribution in [0.2, 0.25) is 0 Å². The van der Waals surface area contributed by atoms with E-state index in [2.05, 4.69) is 11.9 Å². The summed E-state index contributed by atoms with van der Waals surface area (Å²) in [7, 11) is 0. The van der Waals surface area contributed by atoms with Crippen LogP contribution in [0.5, 0.6) is 0 Å². The largest absolute Gasteiger partial charge is 0.396 e. The van der Waals surface area contributed by atoms with Crippen LogP contribution < -0.4 is 5.73 Å². The lowest BCUT2D eigenvalue weighted by atomic mass is 10.1. The zero-order chi connectivity index (χ0) is 14.1. The van der Waals surface area contributed by atoms with Crippen LogP contribution >= 0.6 is 11.3 Å². The summed E-state index contributed by atoms with van der Waals surface area (Å²) in [6, 6.07) is 3.93. The Balaban J connectivity index is 1.97. The number of amides is 1. The fraction of sp³-hybridized carbons (Fsp3) is 0.429. The van der Waals surface area contributed by atoms with Crippen molar-refractivity contribution in [2.24, 2.45) is 0 Å². The van der Waals surface area contributed by atoms with Gasteiger partial charge in [0.05, 0.1) is 29.6 Å². The first kappa shape index (κ1) is 13.3. The Bertz CT molecular complexity index is 640. The van der Waals surface area contributed by atoms with E-state index in [-0.39, 0.29) is 11.9 Å². The Hall–Kier alpha value is -1.66. The molecule has 1 aliphatic heterocycles. The monoisotopic (exact) mass is 291 g/mol. The van der Waals surface area contributed by atoms with Crippen LogP contribution in [0.3, 0.4) is 0 Å². The van der Waals surface area contributed by atoms with Gasteiger partial charge in [-0.05, 0) is 18.6 Å². The van der Waals surface area contributed by atoms with E-state index < -0.39 is 0 Å². The molecule has 20 heavy (non-hydrogen) atoms. The molecule has 3 rings (SSSR count). The third-order valence-corrected chi connectivity index (χ3v) is 4.78. The first-order chi connectivity index (χ1) is 9.72. The molecule has 106 valence electrons. The van der Waals surface area contributed by atoms with Gasteiger partial charge in [-0.2, -0.15) is 0 Å². The van der Waals surface area contributed by atoms with Crippen LogP contribution in [-0.2, 0) is 4.74 Å². The average Bonchev–Trinajstić information content (AvgIpc) is 2.84. The number of carbonyl (C=O) groups excluding carboxylic acids is 1. The quantitative estimate of drug-likeness (QED) is 0.920. The van der Waals surface area contributed by atoms with Gasteiger partial charge >= 0.3 is 0 Å². The maximum absolute atomic E-state index is 12.7. The molecular weight excluding hydrogens is 274 g/mol. The second-order valence-corrected chi connectivity index (χ2v) is 5.88. The molecule has 2 aromatic heterocycles. The SMILES string of the molecule is CCC1COCCN1C(=O)c1sc2cccnc2c1N. The predicted octanol–water partition coefficient (Wildman–Crippen LogP) is 2.13. The molecule has 2 aromatic rings. The molecule has 0 radical (unpaired) electrons. The van der Waals surface area contributed by atoms with Crippen LogP contribution in [0, 0.1) is 0 Å². The Kier molecular flexibility index (Phi) is 3.58. The summed E-state index contributed by atoms with van der Waals surface area (Å²) in [4.78, 5) is 19.5. The molecule has 0 aromatic carbocycles. The number of hydrogen-bond donors (Lipinski definition) is 1. The third-order valence-electron chi connectivity index (χ3n) is 3.64. The number of ether oxygens (including phenoxy) is 1. The van der Waals surface area contributed by atoms with Crippen molar-refractivity contribution in [2.75, 3.05) is 25.5 Å². The van der Waals surface area contributed by atoms with Crippen molar-refractivity contribution in [3.05, 3.63) is 23.2 Å². The maximum Gasteiger partial charge on any atom is 0.266 e. The summed E-state index contributed by atoms with van der Waals surface area (Å²) in [6.45, 7) is 3.88. The fourth-order valence-electron chi connectivity index (χ4n) is 2.50. The van der Waals surface area contributed by atoms with Gasteiger partial charge in [0.1, 0.15) is 10.4 Å². The topological polar surface area (TPSA) is 68.5 Å². The minimum Gasteiger partial charge on any atom is -0.396 e. The van der Waals surface area contributed by atoms with Gasteiger partial charge in [0.15, 0.2) is 0 Å². The molecular formula is C14H17N3O2S. The van der Waals surface area contributed by atoms with Crippen LogP contribution in [0.25, 0.3) is 10.2 Å². The van der Waals surface area contributed by atoms with E-state index in [9.17, 15) is 4.79 Å². The number of fused-ring (bicyclic) bond motifs is 1. The van der Waals surface area contributed by atoms with Gasteiger partial charge in [-0.1, -0.05) is 6.92 Å². The van der Waals surface area contributed by atoms with E-state index in [1.807, 2.05) is 17.0 Å². The number of aromatic nitrogens is 1. The molecule has 1 amide bonds. The number of thiophene rings is 1. The highest BCUT2D eigenvalue weighted by atomic mass is 32.1. The highest BCUT2D eigenvalue weighted by Crippen LogP contribution is 2.33. The van der Waals surface area contributed by atoms with Crippen molar-refractivity contribution in [2.45, 2.75) is 19.4 Å². The number of morpholine rings is 1. The minimum absolute atomic E-state index is 0.000602. The van der Waals surface area contributed by atoms with E-state index in [0.717, 1.165) is 16.6 Å². The molecule has 1 saturated heterocycles. The lowest BCUT2D eigenvalue weighted by Crippen LogP contribution is -2.48. The fourth-order valence-corrected chi connectivity index (χ4v) is 3.53. The van der Waals surface area contributed by atoms with Crippen molar-refractivity contribution in [1.82, 2.24) is 9.88 Å². The first-order valence-electron chi connectivity index (χ1n) is 6.74. The number of rotatable bonds is 2. The molecule has 5 nitrogen and oxygen atoms in total. The number of hydrogen-bond acceptors (Lipinski definition) is 5. The van der Waals surface area contributed by atoms with Gasteiger partial charge in [0, 0.05) is 12.7 Å². The second-order valence-electron chi connectivity index (χ2n) is 4.83. The van der Waals surface area contributed by atoms with Crippen LogP contribution in [-0.4, -0.2) is 41.6 Å². The van der Waals surface area contributed by atoms with Crippen LogP contribution in [0.1, 0.15) is 23.0 Å². The standard InChI is InChI=1S/C14H17N3O2S/c1-2-9-8-19-7-6-17(9)14(18)13-11(15)12-10(20-13)4-3-5-16-12/h3-5,9H,2,6-8,15H2,1H3. The summed E-state index contributed by atoms with van der Waals surface area (Å²) in [5.74, 6) is 0.000602. The smallest absolute Gasteiger partial charge is 0.266 e. The summed E-state index contributed by atoms with van der Waals surface area (Å²) in [5.41, 5.74) is 7.32. The van der Waals surface area contributed by atoms with Crippen molar-refractivity contribution in [1.29, 1.82) is 0 Å². The van der Waals surface area contributed by atoms with E-state index in [1.165, 1.54) is 11.3 Å². The molecule has 0 aliphatic carbocycles. The third kappa shape index (κ3) is 2.14. The van der Waals surface area contributed by atoms with Crippen molar-refractivity contribution >= 4 is 33.1 Å². The summed E-state index contributed by atoms with van der Waals surface area (Å²) >= 11 is 1.42. The highest BCUT2D eigenvalue weighted by molar-refractivity contribution is 7.21. The minimum atomic E-state index is 0.000602. The van der Waals surface area contributed by atoms with Gasteiger partial charge in [0.2, 0.25) is 0 Å². The van der Waals surface area contributed by atoms with Gasteiger partial charge in [-0.15, -0.1) is 11.3 Å².